The lowest BCUT2D eigenvalue weighted by molar-refractivity contribution is 1.27. The summed E-state index contributed by atoms with van der Waals surface area (Å²) in [6.45, 7) is 1.99. The lowest BCUT2D eigenvalue weighted by Crippen LogP contribution is -1.91. The number of pyridine rings is 1. The number of aromatic nitrogens is 1. The average Bonchev–Trinajstić information content (AvgIpc) is 2.39. The second kappa shape index (κ2) is 4.80. The van der Waals surface area contributed by atoms with Crippen molar-refractivity contribution in [1.82, 2.24) is 4.98 Å². The third kappa shape index (κ3) is 2.22. The molecule has 2 radical (unpaired) electrons. The van der Waals surface area contributed by atoms with Crippen molar-refractivity contribution >= 4 is 18.9 Å². The van der Waals surface area contributed by atoms with Crippen LogP contribution in [0.25, 0.3) is 11.0 Å². The minimum atomic E-state index is 0.777. The van der Waals surface area contributed by atoms with E-state index in [4.69, 9.17) is 7.85 Å². The van der Waals surface area contributed by atoms with Gasteiger partial charge in [0.25, 0.3) is 0 Å². The molecule has 0 aliphatic heterocycles. The first kappa shape index (κ1) is 10.7. The van der Waals surface area contributed by atoms with E-state index in [9.17, 15) is 0 Å². The van der Waals surface area contributed by atoms with E-state index in [-0.39, 0.29) is 0 Å². The smallest absolute Gasteiger partial charge is 0.115 e. The summed E-state index contributed by atoms with van der Waals surface area (Å²) in [5.41, 5.74) is 3.74. The standard InChI is InChI=1S/C14H12BN/c1-11(13-9-5-6-10-16-13)14(15)12-7-3-2-4-8-12/h2-10H,1H3/b14-11-. The first-order valence-corrected chi connectivity index (χ1v) is 5.22. The van der Waals surface area contributed by atoms with Crippen molar-refractivity contribution in [3.05, 3.63) is 66.0 Å². The van der Waals surface area contributed by atoms with Gasteiger partial charge in [-0.15, -0.1) is 0 Å². The average molecular weight is 205 g/mol. The molecule has 1 aromatic carbocycles. The van der Waals surface area contributed by atoms with Gasteiger partial charge in [-0.1, -0.05) is 41.9 Å². The number of nitrogens with zero attached hydrogens (tertiary/aromatic N) is 1. The van der Waals surface area contributed by atoms with Gasteiger partial charge in [-0.2, -0.15) is 0 Å². The van der Waals surface area contributed by atoms with Gasteiger partial charge in [0, 0.05) is 6.20 Å². The maximum atomic E-state index is 6.11. The molecule has 0 amide bonds. The largest absolute Gasteiger partial charge is 0.257 e. The number of benzene rings is 1. The van der Waals surface area contributed by atoms with Crippen LogP contribution in [0.4, 0.5) is 0 Å². The van der Waals surface area contributed by atoms with Crippen molar-refractivity contribution in [3.63, 3.8) is 0 Å². The van der Waals surface area contributed by atoms with Crippen LogP contribution in [0.15, 0.2) is 54.7 Å². The molecule has 0 atom stereocenters. The minimum absolute atomic E-state index is 0.777. The van der Waals surface area contributed by atoms with Crippen LogP contribution in [-0.2, 0) is 0 Å². The van der Waals surface area contributed by atoms with Gasteiger partial charge in [-0.05, 0) is 30.2 Å². The molecule has 0 aliphatic rings. The first-order valence-electron chi connectivity index (χ1n) is 5.22. The van der Waals surface area contributed by atoms with Gasteiger partial charge in [0.2, 0.25) is 0 Å². The summed E-state index contributed by atoms with van der Waals surface area (Å²) in [7, 11) is 6.11. The van der Waals surface area contributed by atoms with Crippen molar-refractivity contribution in [1.29, 1.82) is 0 Å². The zero-order valence-corrected chi connectivity index (χ0v) is 9.22. The van der Waals surface area contributed by atoms with Crippen LogP contribution < -0.4 is 0 Å². The fourth-order valence-corrected chi connectivity index (χ4v) is 1.56. The highest BCUT2D eigenvalue weighted by atomic mass is 14.7. The maximum absolute atomic E-state index is 6.11. The molecule has 0 bridgehead atoms. The molecule has 0 spiro atoms. The Kier molecular flexibility index (Phi) is 3.20. The Morgan fingerprint density at radius 3 is 2.31 bits per heavy atom. The van der Waals surface area contributed by atoms with Gasteiger partial charge >= 0.3 is 0 Å². The Morgan fingerprint density at radius 1 is 1.00 bits per heavy atom. The lowest BCUT2D eigenvalue weighted by Gasteiger charge is -2.07. The molecule has 1 aromatic heterocycles. The van der Waals surface area contributed by atoms with Crippen LogP contribution in [0, 0.1) is 0 Å². The van der Waals surface area contributed by atoms with Crippen molar-refractivity contribution in [3.8, 4) is 0 Å². The van der Waals surface area contributed by atoms with Gasteiger partial charge in [0.1, 0.15) is 7.85 Å². The van der Waals surface area contributed by atoms with Crippen LogP contribution >= 0.6 is 0 Å². The summed E-state index contributed by atoms with van der Waals surface area (Å²) in [4.78, 5) is 4.29. The molecule has 1 nitrogen and oxygen atoms in total. The van der Waals surface area contributed by atoms with Crippen molar-refractivity contribution in [2.24, 2.45) is 0 Å². The molecule has 0 saturated heterocycles. The van der Waals surface area contributed by atoms with E-state index in [1.54, 1.807) is 6.20 Å². The Balaban J connectivity index is 2.43. The molecule has 0 aliphatic carbocycles. The summed E-state index contributed by atoms with van der Waals surface area (Å²) in [6.07, 6.45) is 1.77. The van der Waals surface area contributed by atoms with E-state index in [1.165, 1.54) is 0 Å². The predicted octanol–water partition coefficient (Wildman–Crippen LogP) is 3.14. The highest BCUT2D eigenvalue weighted by molar-refractivity contribution is 6.46. The monoisotopic (exact) mass is 205 g/mol. The third-order valence-electron chi connectivity index (χ3n) is 2.54. The van der Waals surface area contributed by atoms with E-state index in [0.29, 0.717) is 0 Å². The SMILES string of the molecule is [B]/C(=C(/C)c1ccccn1)c1ccccc1. The van der Waals surface area contributed by atoms with Crippen LogP contribution in [0.3, 0.4) is 0 Å². The molecule has 2 heteroatoms. The normalized spacial score (nSPS) is 12.1. The topological polar surface area (TPSA) is 12.9 Å². The molecule has 2 aromatic rings. The van der Waals surface area contributed by atoms with Crippen molar-refractivity contribution in [2.75, 3.05) is 0 Å². The Morgan fingerprint density at radius 2 is 1.69 bits per heavy atom. The molecule has 76 valence electrons. The molecule has 2 rings (SSSR count). The molecule has 16 heavy (non-hydrogen) atoms. The molecule has 0 N–H and O–H groups in total. The number of hydrogen-bond acceptors (Lipinski definition) is 1. The summed E-state index contributed by atoms with van der Waals surface area (Å²) in [5.74, 6) is 0. The van der Waals surface area contributed by atoms with Gasteiger partial charge in [-0.25, -0.2) is 0 Å². The summed E-state index contributed by atoms with van der Waals surface area (Å²) in [6, 6.07) is 15.8. The number of rotatable bonds is 2. The quantitative estimate of drug-likeness (QED) is 0.686. The van der Waals surface area contributed by atoms with Gasteiger partial charge < -0.3 is 0 Å². The molecular weight excluding hydrogens is 193 g/mol. The van der Waals surface area contributed by atoms with Crippen LogP contribution in [-0.4, -0.2) is 12.8 Å². The van der Waals surface area contributed by atoms with E-state index in [0.717, 1.165) is 22.3 Å². The summed E-state index contributed by atoms with van der Waals surface area (Å²) < 4.78 is 0. The van der Waals surface area contributed by atoms with Crippen LogP contribution in [0.2, 0.25) is 0 Å². The minimum Gasteiger partial charge on any atom is -0.257 e. The lowest BCUT2D eigenvalue weighted by atomic mass is 9.83. The molecule has 0 saturated carbocycles. The molecule has 0 unspecified atom stereocenters. The molecular formula is C14H12BN. The van der Waals surface area contributed by atoms with Crippen LogP contribution in [0.1, 0.15) is 18.2 Å². The third-order valence-corrected chi connectivity index (χ3v) is 2.54. The molecule has 1 heterocycles. The Bertz CT molecular complexity index is 441. The summed E-state index contributed by atoms with van der Waals surface area (Å²) in [5, 5.41) is 0. The van der Waals surface area contributed by atoms with Gasteiger partial charge in [-0.3, -0.25) is 4.98 Å². The predicted molar refractivity (Wildman–Crippen MR) is 68.9 cm³/mol. The van der Waals surface area contributed by atoms with E-state index < -0.39 is 0 Å². The zero-order chi connectivity index (χ0) is 11.4. The fourth-order valence-electron chi connectivity index (χ4n) is 1.56. The van der Waals surface area contributed by atoms with Gasteiger partial charge in [0.05, 0.1) is 5.69 Å². The number of allylic oxidation sites excluding steroid dienone is 1. The Labute approximate surface area is 97.3 Å². The van der Waals surface area contributed by atoms with Gasteiger partial charge in [0.15, 0.2) is 0 Å². The number of hydrogen-bond donors (Lipinski definition) is 0. The van der Waals surface area contributed by atoms with Crippen molar-refractivity contribution < 1.29 is 0 Å². The molecule has 0 fully saturated rings. The highest BCUT2D eigenvalue weighted by Crippen LogP contribution is 2.21. The fraction of sp³-hybridized carbons (Fsp3) is 0.0714. The van der Waals surface area contributed by atoms with E-state index in [2.05, 4.69) is 4.98 Å². The van der Waals surface area contributed by atoms with E-state index >= 15 is 0 Å². The Hall–Kier alpha value is -1.83. The summed E-state index contributed by atoms with van der Waals surface area (Å²) >= 11 is 0. The van der Waals surface area contributed by atoms with Crippen LogP contribution in [0.5, 0.6) is 0 Å². The highest BCUT2D eigenvalue weighted by Gasteiger charge is 2.02. The maximum Gasteiger partial charge on any atom is 0.115 e. The van der Waals surface area contributed by atoms with Crippen molar-refractivity contribution in [2.45, 2.75) is 6.92 Å². The van der Waals surface area contributed by atoms with E-state index in [1.807, 2.05) is 55.5 Å². The zero-order valence-electron chi connectivity index (χ0n) is 9.22. The second-order valence-corrected chi connectivity index (χ2v) is 3.62. The second-order valence-electron chi connectivity index (χ2n) is 3.62. The first-order chi connectivity index (χ1) is 7.79.